The van der Waals surface area contributed by atoms with Gasteiger partial charge in [-0.3, -0.25) is 20.3 Å². The maximum Gasteiger partial charge on any atom is 0.283 e. The Morgan fingerprint density at radius 3 is 2.87 bits per heavy atom. The highest BCUT2D eigenvalue weighted by molar-refractivity contribution is 9.10. The number of nitrogens with zero attached hydrogens (tertiary/aromatic N) is 4. The van der Waals surface area contributed by atoms with E-state index in [1.807, 2.05) is 6.92 Å². The molecule has 1 N–H and O–H groups in total. The van der Waals surface area contributed by atoms with Crippen LogP contribution < -0.4 is 0 Å². The number of rotatable bonds is 5. The van der Waals surface area contributed by atoms with Crippen LogP contribution in [0.15, 0.2) is 54.9 Å². The second kappa shape index (κ2) is 8.00. The molecule has 11 heteroatoms. The molecule has 1 aromatic carbocycles. The number of thioether (sulfide) groups is 1. The summed E-state index contributed by atoms with van der Waals surface area (Å²) in [6.45, 7) is 2.03. The van der Waals surface area contributed by atoms with Crippen molar-refractivity contribution >= 4 is 61.4 Å². The van der Waals surface area contributed by atoms with Crippen molar-refractivity contribution in [2.24, 2.45) is 10.1 Å². The molecule has 3 heterocycles. The van der Waals surface area contributed by atoms with Gasteiger partial charge in [0.05, 0.1) is 10.5 Å². The van der Waals surface area contributed by atoms with Crippen LogP contribution in [0.1, 0.15) is 25.5 Å². The smallest absolute Gasteiger partial charge is 0.283 e. The maximum atomic E-state index is 12.4. The average Bonchev–Trinajstić information content (AvgIpc) is 3.32. The lowest BCUT2D eigenvalue weighted by atomic mass is 10.1. The van der Waals surface area contributed by atoms with Crippen LogP contribution in [0, 0.1) is 15.5 Å². The summed E-state index contributed by atoms with van der Waals surface area (Å²) >= 11 is 4.62. The van der Waals surface area contributed by atoms with Gasteiger partial charge in [0.1, 0.15) is 16.6 Å². The van der Waals surface area contributed by atoms with Crippen LogP contribution in [0.3, 0.4) is 0 Å². The molecule has 2 aliphatic heterocycles. The summed E-state index contributed by atoms with van der Waals surface area (Å²) in [7, 11) is 0. The number of nitro benzene ring substituents is 1. The van der Waals surface area contributed by atoms with Crippen LogP contribution in [0.4, 0.5) is 5.69 Å². The average molecular weight is 488 g/mol. The van der Waals surface area contributed by atoms with Crippen LogP contribution in [0.25, 0.3) is 17.4 Å². The topological polar surface area (TPSA) is 125 Å². The first kappa shape index (κ1) is 20.2. The molecule has 1 aromatic heterocycles. The summed E-state index contributed by atoms with van der Waals surface area (Å²) < 4.78 is 6.30. The van der Waals surface area contributed by atoms with Crippen molar-refractivity contribution in [2.75, 3.05) is 0 Å². The number of halogens is 1. The number of furan rings is 1. The Hall–Kier alpha value is -3.05. The summed E-state index contributed by atoms with van der Waals surface area (Å²) in [6, 6.07) is 7.69. The fraction of sp³-hybridized carbons (Fsp3) is 0.158. The van der Waals surface area contributed by atoms with E-state index in [2.05, 4.69) is 26.0 Å². The van der Waals surface area contributed by atoms with Gasteiger partial charge in [0, 0.05) is 22.2 Å². The number of carbonyl (C=O) groups excluding carboxylic acids is 1. The summed E-state index contributed by atoms with van der Waals surface area (Å²) in [5.41, 5.74) is 0.658. The number of fused-ring (bicyclic) bond motifs is 1. The molecule has 0 unspecified atom stereocenters. The van der Waals surface area contributed by atoms with E-state index in [9.17, 15) is 14.9 Å². The molecule has 1 amide bonds. The fourth-order valence-corrected chi connectivity index (χ4v) is 4.43. The van der Waals surface area contributed by atoms with Gasteiger partial charge in [-0.15, -0.1) is 0 Å². The first-order valence-electron chi connectivity index (χ1n) is 8.90. The van der Waals surface area contributed by atoms with E-state index in [-0.39, 0.29) is 17.1 Å². The normalized spacial score (nSPS) is 17.3. The van der Waals surface area contributed by atoms with Crippen LogP contribution >= 0.6 is 27.7 Å². The van der Waals surface area contributed by atoms with Crippen molar-refractivity contribution in [3.63, 3.8) is 0 Å². The highest BCUT2D eigenvalue weighted by Gasteiger charge is 2.35. The molecule has 2 aliphatic rings. The molecular weight excluding hydrogens is 474 g/mol. The van der Waals surface area contributed by atoms with Crippen LogP contribution in [0.5, 0.6) is 0 Å². The predicted molar refractivity (Wildman–Crippen MR) is 118 cm³/mol. The van der Waals surface area contributed by atoms with Gasteiger partial charge in [-0.1, -0.05) is 6.92 Å². The van der Waals surface area contributed by atoms with Crippen LogP contribution in [-0.2, 0) is 4.79 Å². The number of non-ortho nitro benzene ring substituents is 1. The van der Waals surface area contributed by atoms with Gasteiger partial charge >= 0.3 is 0 Å². The van der Waals surface area contributed by atoms with E-state index in [1.54, 1.807) is 18.2 Å². The molecule has 0 bridgehead atoms. The minimum Gasteiger partial charge on any atom is -0.457 e. The minimum absolute atomic E-state index is 0.0408. The molecule has 0 saturated heterocycles. The number of benzene rings is 1. The monoisotopic (exact) mass is 487 g/mol. The van der Waals surface area contributed by atoms with Gasteiger partial charge in [-0.05, 0) is 64.8 Å². The molecule has 0 aliphatic carbocycles. The Morgan fingerprint density at radius 1 is 1.37 bits per heavy atom. The summed E-state index contributed by atoms with van der Waals surface area (Å²) in [6.07, 6.45) is 3.11. The molecular formula is C19H14BrN5O4S. The first-order valence-corrected chi connectivity index (χ1v) is 10.5. The van der Waals surface area contributed by atoms with Crippen molar-refractivity contribution in [3.05, 3.63) is 56.3 Å². The Bertz CT molecular complexity index is 1180. The summed E-state index contributed by atoms with van der Waals surface area (Å²) in [4.78, 5) is 26.9. The van der Waals surface area contributed by atoms with Gasteiger partial charge in [0.2, 0.25) is 5.17 Å². The molecule has 152 valence electrons. The Labute approximate surface area is 183 Å². The molecule has 0 radical (unpaired) electrons. The van der Waals surface area contributed by atoms with Crippen molar-refractivity contribution in [2.45, 2.75) is 19.8 Å². The third-order valence-corrected chi connectivity index (χ3v) is 5.93. The highest BCUT2D eigenvalue weighted by Crippen LogP contribution is 2.34. The Balaban J connectivity index is 1.63. The first-order chi connectivity index (χ1) is 14.4. The molecule has 0 spiro atoms. The maximum absolute atomic E-state index is 12.4. The number of nitrogens with one attached hydrogen (secondary N) is 1. The van der Waals surface area contributed by atoms with Gasteiger partial charge in [0.25, 0.3) is 11.6 Å². The molecule has 0 fully saturated rings. The van der Waals surface area contributed by atoms with Gasteiger partial charge in [-0.2, -0.15) is 15.1 Å². The van der Waals surface area contributed by atoms with Crippen molar-refractivity contribution in [1.82, 2.24) is 5.01 Å². The lowest BCUT2D eigenvalue weighted by molar-refractivity contribution is -0.384. The lowest BCUT2D eigenvalue weighted by Crippen LogP contribution is -2.35. The number of hydrazone groups is 1. The number of hydrogen-bond acceptors (Lipinski definition) is 7. The van der Waals surface area contributed by atoms with Crippen LogP contribution in [-0.4, -0.2) is 31.9 Å². The quantitative estimate of drug-likeness (QED) is 0.357. The van der Waals surface area contributed by atoms with Gasteiger partial charge < -0.3 is 4.42 Å². The number of carbonyl (C=O) groups is 1. The van der Waals surface area contributed by atoms with E-state index < -0.39 is 10.8 Å². The SMILES string of the molecule is CCCC1=NN2C(=N)/C(=C/c3ccc(-c4ccc([N+](=O)[O-])cc4Br)o3)C(=O)N=C2S1. The van der Waals surface area contributed by atoms with E-state index in [4.69, 9.17) is 9.83 Å². The number of aliphatic imine (C=N–C) groups is 1. The Kier molecular flexibility index (Phi) is 5.39. The molecule has 0 saturated carbocycles. The number of nitro groups is 1. The van der Waals surface area contributed by atoms with E-state index in [1.165, 1.54) is 35.0 Å². The van der Waals surface area contributed by atoms with Gasteiger partial charge in [-0.25, -0.2) is 0 Å². The molecule has 2 aromatic rings. The number of amidine groups is 2. The zero-order valence-corrected chi connectivity index (χ0v) is 18.0. The van der Waals surface area contributed by atoms with Crippen molar-refractivity contribution < 1.29 is 14.1 Å². The second-order valence-electron chi connectivity index (χ2n) is 6.39. The zero-order valence-electron chi connectivity index (χ0n) is 15.6. The van der Waals surface area contributed by atoms with Crippen molar-refractivity contribution in [3.8, 4) is 11.3 Å². The molecule has 30 heavy (non-hydrogen) atoms. The van der Waals surface area contributed by atoms with E-state index >= 15 is 0 Å². The van der Waals surface area contributed by atoms with E-state index in [0.717, 1.165) is 17.9 Å². The molecule has 4 rings (SSSR count). The van der Waals surface area contributed by atoms with E-state index in [0.29, 0.717) is 26.7 Å². The third-order valence-electron chi connectivity index (χ3n) is 4.30. The van der Waals surface area contributed by atoms with Crippen molar-refractivity contribution in [1.29, 1.82) is 5.41 Å². The lowest BCUT2D eigenvalue weighted by Gasteiger charge is -2.19. The molecule has 0 atom stereocenters. The standard InChI is InChI=1S/C19H14BrN5O4S/c1-2-3-16-23-24-17(21)13(18(26)22-19(24)30-16)9-11-5-7-15(29-11)12-6-4-10(25(27)28)8-14(12)20/h4-9,21H,2-3H2,1H3/b13-9-,21-17?. The number of amides is 1. The Morgan fingerprint density at radius 2 is 2.17 bits per heavy atom. The second-order valence-corrected chi connectivity index (χ2v) is 8.28. The minimum atomic E-state index is -0.527. The summed E-state index contributed by atoms with van der Waals surface area (Å²) in [5, 5.41) is 26.2. The van der Waals surface area contributed by atoms with Gasteiger partial charge in [0.15, 0.2) is 5.84 Å². The zero-order chi connectivity index (χ0) is 21.4. The van der Waals surface area contributed by atoms with Crippen LogP contribution in [0.2, 0.25) is 0 Å². The summed E-state index contributed by atoms with van der Waals surface area (Å²) in [5.74, 6) is 0.230. The fourth-order valence-electron chi connectivity index (χ4n) is 2.88. The molecule has 9 nitrogen and oxygen atoms in total. The predicted octanol–water partition coefficient (Wildman–Crippen LogP) is 5.04. The highest BCUT2D eigenvalue weighted by atomic mass is 79.9. The third kappa shape index (κ3) is 3.73. The number of hydrogen-bond donors (Lipinski definition) is 1. The largest absolute Gasteiger partial charge is 0.457 e.